The summed E-state index contributed by atoms with van der Waals surface area (Å²) in [5.41, 5.74) is 6.58. The first-order valence-electron chi connectivity index (χ1n) is 9.45. The molecule has 0 bridgehead atoms. The topological polar surface area (TPSA) is 112 Å². The van der Waals surface area contributed by atoms with Crippen LogP contribution in [-0.2, 0) is 16.0 Å². The molecule has 0 saturated heterocycles. The molecule has 0 spiro atoms. The van der Waals surface area contributed by atoms with E-state index in [0.717, 1.165) is 27.1 Å². The highest BCUT2D eigenvalue weighted by Gasteiger charge is 2.16. The lowest BCUT2D eigenvalue weighted by atomic mass is 10.2. The number of carbonyl (C=O) groups excluding carboxylic acids is 3. The van der Waals surface area contributed by atoms with Crippen molar-refractivity contribution < 1.29 is 14.4 Å². The lowest BCUT2D eigenvalue weighted by Gasteiger charge is -2.14. The third kappa shape index (κ3) is 5.33. The minimum atomic E-state index is -0.609. The van der Waals surface area contributed by atoms with Crippen LogP contribution >= 0.6 is 22.7 Å². The van der Waals surface area contributed by atoms with Gasteiger partial charge in [0, 0.05) is 4.88 Å². The summed E-state index contributed by atoms with van der Waals surface area (Å²) in [7, 11) is 0. The number of fused-ring (bicyclic) bond motifs is 1. The number of amides is 3. The highest BCUT2D eigenvalue weighted by atomic mass is 32.1. The standard InChI is InChI=1S/C20H23N5O3S2/c1-4-14-11(2)9-16(29-14)19(28)21-10-17(26)24-25-18(27)12(3)22-20-23-13-7-5-6-8-15(13)30-20/h5-9,12H,4,10H2,1-3H3,(H,21,28)(H,22,23)(H,24,26)(H,25,27)/t12-/m1/s1. The van der Waals surface area contributed by atoms with Crippen LogP contribution in [0, 0.1) is 6.92 Å². The molecule has 0 aliphatic heterocycles. The van der Waals surface area contributed by atoms with Gasteiger partial charge in [-0.05, 0) is 44.0 Å². The van der Waals surface area contributed by atoms with Crippen LogP contribution in [0.15, 0.2) is 30.3 Å². The lowest BCUT2D eigenvalue weighted by molar-refractivity contribution is -0.128. The number of para-hydroxylation sites is 1. The molecule has 0 unspecified atom stereocenters. The number of hydrogen-bond acceptors (Lipinski definition) is 7. The molecule has 1 atom stereocenters. The monoisotopic (exact) mass is 445 g/mol. The average Bonchev–Trinajstić information content (AvgIpc) is 3.32. The molecular weight excluding hydrogens is 422 g/mol. The number of rotatable bonds is 7. The van der Waals surface area contributed by atoms with E-state index in [-0.39, 0.29) is 12.5 Å². The summed E-state index contributed by atoms with van der Waals surface area (Å²) in [6.07, 6.45) is 0.861. The zero-order chi connectivity index (χ0) is 21.7. The highest BCUT2D eigenvalue weighted by molar-refractivity contribution is 7.22. The van der Waals surface area contributed by atoms with Gasteiger partial charge in [-0.25, -0.2) is 4.98 Å². The third-order valence-electron chi connectivity index (χ3n) is 4.33. The summed E-state index contributed by atoms with van der Waals surface area (Å²) in [5.74, 6) is -1.25. The highest BCUT2D eigenvalue weighted by Crippen LogP contribution is 2.25. The molecule has 4 N–H and O–H groups in total. The second-order valence-electron chi connectivity index (χ2n) is 6.64. The van der Waals surface area contributed by atoms with Crippen molar-refractivity contribution in [3.63, 3.8) is 0 Å². The van der Waals surface area contributed by atoms with Gasteiger partial charge in [-0.2, -0.15) is 0 Å². The number of benzene rings is 1. The van der Waals surface area contributed by atoms with Crippen LogP contribution < -0.4 is 21.5 Å². The maximum atomic E-state index is 12.2. The maximum Gasteiger partial charge on any atom is 0.261 e. The predicted octanol–water partition coefficient (Wildman–Crippen LogP) is 2.61. The predicted molar refractivity (Wildman–Crippen MR) is 120 cm³/mol. The Balaban J connectivity index is 1.43. The fraction of sp³-hybridized carbons (Fsp3) is 0.300. The first kappa shape index (κ1) is 21.7. The summed E-state index contributed by atoms with van der Waals surface area (Å²) in [6, 6.07) is 8.89. The van der Waals surface area contributed by atoms with Crippen molar-refractivity contribution in [2.75, 3.05) is 11.9 Å². The van der Waals surface area contributed by atoms with E-state index in [4.69, 9.17) is 0 Å². The third-order valence-corrected chi connectivity index (χ3v) is 6.68. The summed E-state index contributed by atoms with van der Waals surface area (Å²) in [5, 5.41) is 6.19. The smallest absolute Gasteiger partial charge is 0.261 e. The van der Waals surface area contributed by atoms with Crippen LogP contribution in [-0.4, -0.2) is 35.3 Å². The lowest BCUT2D eigenvalue weighted by Crippen LogP contribution is -2.50. The molecule has 3 amide bonds. The van der Waals surface area contributed by atoms with Crippen molar-refractivity contribution in [3.05, 3.63) is 45.6 Å². The van der Waals surface area contributed by atoms with Crippen LogP contribution in [0.3, 0.4) is 0 Å². The Bertz CT molecular complexity index is 1040. The Morgan fingerprint density at radius 3 is 2.60 bits per heavy atom. The molecule has 3 aromatic rings. The van der Waals surface area contributed by atoms with Gasteiger partial charge in [0.15, 0.2) is 5.13 Å². The van der Waals surface area contributed by atoms with E-state index in [1.165, 1.54) is 22.7 Å². The van der Waals surface area contributed by atoms with E-state index >= 15 is 0 Å². The van der Waals surface area contributed by atoms with Crippen molar-refractivity contribution in [1.82, 2.24) is 21.2 Å². The van der Waals surface area contributed by atoms with E-state index in [1.807, 2.05) is 44.2 Å². The summed E-state index contributed by atoms with van der Waals surface area (Å²) in [6.45, 7) is 5.41. The van der Waals surface area contributed by atoms with Crippen LogP contribution in [0.5, 0.6) is 0 Å². The minimum Gasteiger partial charge on any atom is -0.350 e. The molecule has 3 rings (SSSR count). The van der Waals surface area contributed by atoms with Crippen LogP contribution in [0.1, 0.15) is 34.0 Å². The van der Waals surface area contributed by atoms with Gasteiger partial charge in [0.25, 0.3) is 17.7 Å². The zero-order valence-corrected chi connectivity index (χ0v) is 18.5. The Kier molecular flexibility index (Phi) is 7.01. The van der Waals surface area contributed by atoms with E-state index in [9.17, 15) is 14.4 Å². The minimum absolute atomic E-state index is 0.239. The number of carbonyl (C=O) groups is 3. The summed E-state index contributed by atoms with van der Waals surface area (Å²) in [4.78, 5) is 42.4. The van der Waals surface area contributed by atoms with Crippen molar-refractivity contribution in [3.8, 4) is 0 Å². The van der Waals surface area contributed by atoms with Gasteiger partial charge < -0.3 is 10.6 Å². The van der Waals surface area contributed by atoms with E-state index < -0.39 is 17.9 Å². The van der Waals surface area contributed by atoms with Crippen LogP contribution in [0.4, 0.5) is 5.13 Å². The van der Waals surface area contributed by atoms with Crippen molar-refractivity contribution in [2.45, 2.75) is 33.2 Å². The molecule has 2 aromatic heterocycles. The Labute approximate surface area is 182 Å². The first-order valence-corrected chi connectivity index (χ1v) is 11.1. The molecule has 0 fully saturated rings. The molecule has 0 aliphatic carbocycles. The van der Waals surface area contributed by atoms with Gasteiger partial charge in [-0.3, -0.25) is 25.2 Å². The summed E-state index contributed by atoms with van der Waals surface area (Å²) >= 11 is 2.86. The van der Waals surface area contributed by atoms with Gasteiger partial charge in [-0.1, -0.05) is 30.4 Å². The van der Waals surface area contributed by atoms with Crippen LogP contribution in [0.25, 0.3) is 10.2 Å². The fourth-order valence-corrected chi connectivity index (χ4v) is 4.68. The molecule has 0 saturated carbocycles. The molecule has 10 heteroatoms. The Morgan fingerprint density at radius 1 is 1.13 bits per heavy atom. The van der Waals surface area contributed by atoms with E-state index in [0.29, 0.717) is 10.0 Å². The van der Waals surface area contributed by atoms with Gasteiger partial charge in [0.1, 0.15) is 6.04 Å². The van der Waals surface area contributed by atoms with Crippen molar-refractivity contribution in [2.24, 2.45) is 0 Å². The van der Waals surface area contributed by atoms with Crippen LogP contribution in [0.2, 0.25) is 0 Å². The zero-order valence-electron chi connectivity index (χ0n) is 16.9. The molecule has 2 heterocycles. The van der Waals surface area contributed by atoms with Crippen molar-refractivity contribution >= 4 is 55.7 Å². The van der Waals surface area contributed by atoms with E-state index in [1.54, 1.807) is 6.92 Å². The first-order chi connectivity index (χ1) is 14.4. The Morgan fingerprint density at radius 2 is 1.90 bits per heavy atom. The molecule has 0 radical (unpaired) electrons. The van der Waals surface area contributed by atoms with Gasteiger partial charge in [0.2, 0.25) is 0 Å². The number of nitrogens with one attached hydrogen (secondary N) is 4. The molecule has 158 valence electrons. The number of hydrogen-bond donors (Lipinski definition) is 4. The number of nitrogens with zero attached hydrogens (tertiary/aromatic N) is 1. The Hall–Kier alpha value is -2.98. The number of anilines is 1. The molecule has 8 nitrogen and oxygen atoms in total. The number of aromatic nitrogens is 1. The largest absolute Gasteiger partial charge is 0.350 e. The number of hydrazine groups is 1. The normalized spacial score (nSPS) is 11.7. The second-order valence-corrected chi connectivity index (χ2v) is 8.81. The second kappa shape index (κ2) is 9.68. The number of thiophene rings is 1. The van der Waals surface area contributed by atoms with Crippen molar-refractivity contribution in [1.29, 1.82) is 0 Å². The number of aryl methyl sites for hydroxylation is 2. The maximum absolute atomic E-state index is 12.2. The van der Waals surface area contributed by atoms with Gasteiger partial charge in [0.05, 0.1) is 21.6 Å². The average molecular weight is 446 g/mol. The fourth-order valence-electron chi connectivity index (χ4n) is 2.70. The molecule has 30 heavy (non-hydrogen) atoms. The summed E-state index contributed by atoms with van der Waals surface area (Å²) < 4.78 is 1.02. The van der Waals surface area contributed by atoms with Gasteiger partial charge in [-0.15, -0.1) is 11.3 Å². The van der Waals surface area contributed by atoms with Gasteiger partial charge >= 0.3 is 0 Å². The quantitative estimate of drug-likeness (QED) is 0.418. The molecule has 1 aromatic carbocycles. The molecule has 0 aliphatic rings. The molecular formula is C20H23N5O3S2. The SMILES string of the molecule is CCc1sc(C(=O)NCC(=O)NNC(=O)[C@@H](C)Nc2nc3ccccc3s2)cc1C. The number of thiazole rings is 1. The van der Waals surface area contributed by atoms with E-state index in [2.05, 4.69) is 26.5 Å².